The van der Waals surface area contributed by atoms with Crippen molar-refractivity contribution in [3.63, 3.8) is 0 Å². The van der Waals surface area contributed by atoms with E-state index >= 15 is 0 Å². The second kappa shape index (κ2) is 13.3. The SMILES string of the molecule is CCOc1cc(/C=C(\C#N)C(=O)Nc2cccc(C(F)(F)F)c2)cc(I)c1OCC(=O)Nc1ccc(C)c(C)c1. The quantitative estimate of drug-likeness (QED) is 0.148. The lowest BCUT2D eigenvalue weighted by atomic mass is 10.1. The Labute approximate surface area is 243 Å². The molecule has 2 amide bonds. The highest BCUT2D eigenvalue weighted by Gasteiger charge is 2.30. The standard InChI is InChI=1S/C29H25F3IN3O4/c1-4-39-25-13-19(11-20(15-34)28(38)36-22-7-5-6-21(14-22)29(30,31)32)12-24(33)27(25)40-16-26(37)35-23-9-8-17(2)18(3)10-23/h5-14H,4,16H2,1-3H3,(H,35,37)(H,36,38)/b20-11+. The predicted molar refractivity (Wildman–Crippen MR) is 154 cm³/mol. The maximum Gasteiger partial charge on any atom is 0.416 e. The van der Waals surface area contributed by atoms with Crippen molar-refractivity contribution in [3.8, 4) is 17.6 Å². The van der Waals surface area contributed by atoms with E-state index in [1.54, 1.807) is 25.1 Å². The number of carbonyl (C=O) groups excluding carboxylic acids is 2. The van der Waals surface area contributed by atoms with Crippen LogP contribution in [0.2, 0.25) is 0 Å². The van der Waals surface area contributed by atoms with Crippen molar-refractivity contribution in [2.24, 2.45) is 0 Å². The molecule has 0 heterocycles. The summed E-state index contributed by atoms with van der Waals surface area (Å²) in [6.45, 7) is 5.66. The summed E-state index contributed by atoms with van der Waals surface area (Å²) in [5.74, 6) is -0.654. The van der Waals surface area contributed by atoms with Crippen molar-refractivity contribution in [1.82, 2.24) is 0 Å². The number of nitriles is 1. The first kappa shape index (κ1) is 30.5. The van der Waals surface area contributed by atoms with Crippen molar-refractivity contribution in [1.29, 1.82) is 5.26 Å². The van der Waals surface area contributed by atoms with Crippen LogP contribution >= 0.6 is 22.6 Å². The van der Waals surface area contributed by atoms with Crippen LogP contribution in [0, 0.1) is 28.7 Å². The van der Waals surface area contributed by atoms with Crippen LogP contribution in [0.1, 0.15) is 29.2 Å². The minimum Gasteiger partial charge on any atom is -0.490 e. The van der Waals surface area contributed by atoms with Gasteiger partial charge in [-0.1, -0.05) is 12.1 Å². The van der Waals surface area contributed by atoms with Gasteiger partial charge in [0.2, 0.25) is 0 Å². The first-order valence-electron chi connectivity index (χ1n) is 12.0. The first-order valence-corrected chi connectivity index (χ1v) is 13.1. The largest absolute Gasteiger partial charge is 0.490 e. The van der Waals surface area contributed by atoms with Gasteiger partial charge in [-0.3, -0.25) is 9.59 Å². The molecule has 0 aliphatic carbocycles. The number of carbonyl (C=O) groups is 2. The average Bonchev–Trinajstić information content (AvgIpc) is 2.88. The van der Waals surface area contributed by atoms with Crippen LogP contribution in [-0.4, -0.2) is 25.0 Å². The lowest BCUT2D eigenvalue weighted by molar-refractivity contribution is -0.137. The minimum absolute atomic E-state index is 0.103. The molecule has 0 fully saturated rings. The molecule has 3 aromatic rings. The average molecular weight is 663 g/mol. The number of aryl methyl sites for hydroxylation is 2. The van der Waals surface area contributed by atoms with Crippen LogP contribution < -0.4 is 20.1 Å². The van der Waals surface area contributed by atoms with Crippen molar-refractivity contribution in [2.45, 2.75) is 26.9 Å². The van der Waals surface area contributed by atoms with Crippen molar-refractivity contribution >= 4 is 51.9 Å². The molecule has 0 bridgehead atoms. The maximum absolute atomic E-state index is 13.0. The molecule has 0 aliphatic rings. The monoisotopic (exact) mass is 663 g/mol. The number of alkyl halides is 3. The second-order valence-corrected chi connectivity index (χ2v) is 9.76. The topological polar surface area (TPSA) is 100 Å². The molecular formula is C29H25F3IN3O4. The fourth-order valence-corrected chi connectivity index (χ4v) is 4.30. The first-order chi connectivity index (χ1) is 18.9. The molecule has 0 spiro atoms. The summed E-state index contributed by atoms with van der Waals surface area (Å²) in [5.41, 5.74) is 1.83. The summed E-state index contributed by atoms with van der Waals surface area (Å²) < 4.78 is 51.0. The highest BCUT2D eigenvalue weighted by molar-refractivity contribution is 14.1. The van der Waals surface area contributed by atoms with Crippen LogP contribution in [0.4, 0.5) is 24.5 Å². The van der Waals surface area contributed by atoms with Crippen LogP contribution in [0.25, 0.3) is 6.08 Å². The number of hydrogen-bond acceptors (Lipinski definition) is 5. The number of halogens is 4. The number of anilines is 2. The number of benzene rings is 3. The number of rotatable bonds is 9. The number of nitrogens with one attached hydrogen (secondary N) is 2. The Bertz CT molecular complexity index is 1500. The summed E-state index contributed by atoms with van der Waals surface area (Å²) >= 11 is 1.98. The van der Waals surface area contributed by atoms with Crippen LogP contribution in [0.3, 0.4) is 0 Å². The molecule has 208 valence electrons. The van der Waals surface area contributed by atoms with Gasteiger partial charge in [0, 0.05) is 11.4 Å². The number of ether oxygens (including phenoxy) is 2. The van der Waals surface area contributed by atoms with Crippen molar-refractivity contribution in [3.05, 3.63) is 86.0 Å². The van der Waals surface area contributed by atoms with Gasteiger partial charge >= 0.3 is 6.18 Å². The normalized spacial score (nSPS) is 11.4. The zero-order valence-corrected chi connectivity index (χ0v) is 23.9. The third-order valence-corrected chi connectivity index (χ3v) is 6.40. The lowest BCUT2D eigenvalue weighted by Gasteiger charge is -2.15. The van der Waals surface area contributed by atoms with Gasteiger partial charge in [-0.25, -0.2) is 0 Å². The van der Waals surface area contributed by atoms with E-state index in [9.17, 15) is 28.0 Å². The van der Waals surface area contributed by atoms with Gasteiger partial charge in [0.05, 0.1) is 15.7 Å². The van der Waals surface area contributed by atoms with Gasteiger partial charge in [0.1, 0.15) is 11.6 Å². The molecule has 3 aromatic carbocycles. The van der Waals surface area contributed by atoms with Gasteiger partial charge in [0.15, 0.2) is 18.1 Å². The molecule has 0 radical (unpaired) electrons. The summed E-state index contributed by atoms with van der Waals surface area (Å²) in [5, 5.41) is 14.7. The molecular weight excluding hydrogens is 638 g/mol. The fraction of sp³-hybridized carbons (Fsp3) is 0.207. The Balaban J connectivity index is 1.78. The van der Waals surface area contributed by atoms with E-state index in [-0.39, 0.29) is 36.1 Å². The zero-order chi connectivity index (χ0) is 29.4. The van der Waals surface area contributed by atoms with Gasteiger partial charge in [-0.15, -0.1) is 0 Å². The van der Waals surface area contributed by atoms with E-state index < -0.39 is 17.6 Å². The van der Waals surface area contributed by atoms with Gasteiger partial charge in [0.25, 0.3) is 11.8 Å². The minimum atomic E-state index is -4.58. The van der Waals surface area contributed by atoms with Gasteiger partial charge in [-0.05, 0) is 109 Å². The molecule has 0 saturated heterocycles. The molecule has 0 aliphatic heterocycles. The number of hydrogen-bond donors (Lipinski definition) is 2. The Morgan fingerprint density at radius 1 is 1.00 bits per heavy atom. The van der Waals surface area contributed by atoms with E-state index in [0.717, 1.165) is 29.3 Å². The predicted octanol–water partition coefficient (Wildman–Crippen LogP) is 6.89. The maximum atomic E-state index is 13.0. The van der Waals surface area contributed by atoms with E-state index in [1.807, 2.05) is 48.6 Å². The van der Waals surface area contributed by atoms with Crippen LogP contribution in [0.5, 0.6) is 11.5 Å². The molecule has 0 aromatic heterocycles. The summed E-state index contributed by atoms with van der Waals surface area (Å²) in [6.07, 6.45) is -3.30. The molecule has 40 heavy (non-hydrogen) atoms. The summed E-state index contributed by atoms with van der Waals surface area (Å²) in [6, 6.07) is 14.6. The van der Waals surface area contributed by atoms with E-state index in [2.05, 4.69) is 10.6 Å². The lowest BCUT2D eigenvalue weighted by Crippen LogP contribution is -2.20. The summed E-state index contributed by atoms with van der Waals surface area (Å²) in [7, 11) is 0. The molecule has 2 N–H and O–H groups in total. The second-order valence-electron chi connectivity index (χ2n) is 8.60. The molecule has 11 heteroatoms. The summed E-state index contributed by atoms with van der Waals surface area (Å²) in [4.78, 5) is 25.1. The third-order valence-electron chi connectivity index (χ3n) is 5.59. The molecule has 0 atom stereocenters. The number of nitrogens with zero attached hydrogens (tertiary/aromatic N) is 1. The zero-order valence-electron chi connectivity index (χ0n) is 21.8. The molecule has 0 saturated carbocycles. The van der Waals surface area contributed by atoms with Crippen LogP contribution in [-0.2, 0) is 15.8 Å². The Hall–Kier alpha value is -4.05. The van der Waals surface area contributed by atoms with Gasteiger partial charge < -0.3 is 20.1 Å². The Morgan fingerprint density at radius 2 is 1.73 bits per heavy atom. The van der Waals surface area contributed by atoms with Crippen molar-refractivity contribution in [2.75, 3.05) is 23.8 Å². The van der Waals surface area contributed by atoms with Gasteiger partial charge in [-0.2, -0.15) is 18.4 Å². The number of amides is 2. The van der Waals surface area contributed by atoms with E-state index in [0.29, 0.717) is 20.6 Å². The fourth-order valence-electron chi connectivity index (χ4n) is 3.52. The van der Waals surface area contributed by atoms with Crippen molar-refractivity contribution < 1.29 is 32.2 Å². The molecule has 0 unspecified atom stereocenters. The molecule has 3 rings (SSSR count). The molecule has 7 nitrogen and oxygen atoms in total. The highest BCUT2D eigenvalue weighted by atomic mass is 127. The Kier molecular flexibility index (Phi) is 10.2. The van der Waals surface area contributed by atoms with E-state index in [4.69, 9.17) is 9.47 Å². The van der Waals surface area contributed by atoms with E-state index in [1.165, 1.54) is 18.2 Å². The highest BCUT2D eigenvalue weighted by Crippen LogP contribution is 2.35. The smallest absolute Gasteiger partial charge is 0.416 e. The Morgan fingerprint density at radius 3 is 2.38 bits per heavy atom. The third kappa shape index (κ3) is 8.22. The van der Waals surface area contributed by atoms with Crippen LogP contribution in [0.15, 0.2) is 60.2 Å².